The minimum absolute atomic E-state index is 0.00893. The largest absolute Gasteiger partial charge is 0.480 e. The summed E-state index contributed by atoms with van der Waals surface area (Å²) in [5, 5.41) is 28.7. The van der Waals surface area contributed by atoms with E-state index in [1.807, 2.05) is 78.2 Å². The van der Waals surface area contributed by atoms with Crippen molar-refractivity contribution in [3.8, 4) is 11.1 Å². The molecule has 5 atom stereocenters. The second-order valence-electron chi connectivity index (χ2n) is 16.6. The van der Waals surface area contributed by atoms with Gasteiger partial charge in [-0.2, -0.15) is 0 Å². The first kappa shape index (κ1) is 48.0. The van der Waals surface area contributed by atoms with E-state index in [1.165, 1.54) is 11.3 Å². The summed E-state index contributed by atoms with van der Waals surface area (Å²) in [4.78, 5) is 97.8. The quantitative estimate of drug-likeness (QED) is 0.0813. The van der Waals surface area contributed by atoms with Gasteiger partial charge in [0.2, 0.25) is 35.4 Å². The van der Waals surface area contributed by atoms with Crippen molar-refractivity contribution in [3.05, 3.63) is 184 Å². The highest BCUT2D eigenvalue weighted by molar-refractivity contribution is 7.09. The van der Waals surface area contributed by atoms with Crippen LogP contribution in [0.25, 0.3) is 11.1 Å². The van der Waals surface area contributed by atoms with Crippen molar-refractivity contribution in [3.63, 3.8) is 0 Å². The standard InChI is InChI=1S/C53H52N6O8S/c60-47-26-27-48(61)55-45(33-41-17-10-28-68-41)52(65)58-43(30-36-18-22-39(23-19-36)38-15-8-3-9-16-38)50(63)56-42(29-34-11-4-1-5-12-34)49(62)57-44(31-37-20-24-40(54-47)25-21-37)51(64)59-46(53(66)67)32-35-13-6-2-7-14-35/h1-25,28,42-46H,26-27,29-33H2,(H,54,60)(H,55,61)(H,56,63)(H,57,62)(H,58,65)(H,59,64)(H,66,67)/t42-,43+,44-,45-,46-/m1/s1. The van der Waals surface area contributed by atoms with E-state index in [9.17, 15) is 38.7 Å². The monoisotopic (exact) mass is 932 g/mol. The molecule has 0 spiro atoms. The third-order valence-electron chi connectivity index (χ3n) is 11.5. The number of anilines is 1. The number of benzene rings is 5. The molecule has 0 fully saturated rings. The topological polar surface area (TPSA) is 212 Å². The lowest BCUT2D eigenvalue weighted by Crippen LogP contribution is -2.60. The Hall–Kier alpha value is -7.91. The fraction of sp³-hybridized carbons (Fsp3) is 0.226. The van der Waals surface area contributed by atoms with Gasteiger partial charge in [0.25, 0.3) is 0 Å². The number of carboxylic acid groups (broad SMARTS) is 1. The Morgan fingerprint density at radius 1 is 0.559 bits per heavy atom. The Morgan fingerprint density at radius 3 is 1.68 bits per heavy atom. The summed E-state index contributed by atoms with van der Waals surface area (Å²) in [6, 6.07) is 38.8. The van der Waals surface area contributed by atoms with Gasteiger partial charge < -0.3 is 37.0 Å². The fourth-order valence-corrected chi connectivity index (χ4v) is 8.58. The molecule has 2 aliphatic heterocycles. The van der Waals surface area contributed by atoms with Gasteiger partial charge in [-0.25, -0.2) is 4.79 Å². The number of thiophene rings is 1. The van der Waals surface area contributed by atoms with E-state index in [-0.39, 0.29) is 44.9 Å². The Balaban J connectivity index is 1.23. The van der Waals surface area contributed by atoms with Crippen molar-refractivity contribution in [2.24, 2.45) is 0 Å². The summed E-state index contributed by atoms with van der Waals surface area (Å²) < 4.78 is 0. The van der Waals surface area contributed by atoms with E-state index < -0.39 is 71.6 Å². The summed E-state index contributed by atoms with van der Waals surface area (Å²) in [6.07, 6.45) is -0.481. The second kappa shape index (κ2) is 23.5. The molecular formula is C53H52N6O8S. The van der Waals surface area contributed by atoms with E-state index in [2.05, 4.69) is 31.9 Å². The molecule has 6 amide bonds. The first-order valence-corrected chi connectivity index (χ1v) is 23.2. The average Bonchev–Trinajstić information content (AvgIpc) is 3.87. The van der Waals surface area contributed by atoms with Gasteiger partial charge >= 0.3 is 5.97 Å². The predicted molar refractivity (Wildman–Crippen MR) is 259 cm³/mol. The highest BCUT2D eigenvalue weighted by Crippen LogP contribution is 2.21. The van der Waals surface area contributed by atoms with Gasteiger partial charge in [0.05, 0.1) is 0 Å². The van der Waals surface area contributed by atoms with Gasteiger partial charge in [0, 0.05) is 55.5 Å². The van der Waals surface area contributed by atoms with E-state index in [4.69, 9.17) is 0 Å². The van der Waals surface area contributed by atoms with E-state index in [0.717, 1.165) is 16.0 Å². The molecule has 1 aromatic heterocycles. The van der Waals surface area contributed by atoms with Gasteiger partial charge in [-0.15, -0.1) is 11.3 Å². The molecule has 0 saturated heterocycles. The molecule has 14 nitrogen and oxygen atoms in total. The first-order chi connectivity index (χ1) is 32.9. The van der Waals surface area contributed by atoms with E-state index in [1.54, 1.807) is 78.9 Å². The Kier molecular flexibility index (Phi) is 16.6. The number of amides is 6. The summed E-state index contributed by atoms with van der Waals surface area (Å²) in [5.41, 5.74) is 4.94. The highest BCUT2D eigenvalue weighted by Gasteiger charge is 2.33. The number of carboxylic acids is 1. The molecule has 7 N–H and O–H groups in total. The summed E-state index contributed by atoms with van der Waals surface area (Å²) in [5.74, 6) is -5.17. The van der Waals surface area contributed by atoms with Gasteiger partial charge in [-0.1, -0.05) is 133 Å². The molecule has 3 heterocycles. The molecule has 0 unspecified atom stereocenters. The second-order valence-corrected chi connectivity index (χ2v) is 17.6. The summed E-state index contributed by atoms with van der Waals surface area (Å²) in [7, 11) is 0. The lowest BCUT2D eigenvalue weighted by atomic mass is 9.98. The zero-order valence-electron chi connectivity index (χ0n) is 37.1. The highest BCUT2D eigenvalue weighted by atomic mass is 32.1. The maximum Gasteiger partial charge on any atom is 0.326 e. The Morgan fingerprint density at radius 2 is 1.09 bits per heavy atom. The number of nitrogens with one attached hydrogen (secondary N) is 6. The number of aliphatic carboxylic acids is 1. The van der Waals surface area contributed by atoms with Crippen LogP contribution in [0.1, 0.15) is 40.0 Å². The molecule has 2 bridgehead atoms. The van der Waals surface area contributed by atoms with Crippen LogP contribution in [-0.2, 0) is 65.7 Å². The maximum absolute atomic E-state index is 14.7. The van der Waals surface area contributed by atoms with Crippen molar-refractivity contribution in [2.75, 3.05) is 5.32 Å². The van der Waals surface area contributed by atoms with Crippen molar-refractivity contribution < 1.29 is 38.7 Å². The van der Waals surface area contributed by atoms with Crippen molar-refractivity contribution >= 4 is 58.4 Å². The minimum Gasteiger partial charge on any atom is -0.480 e. The van der Waals surface area contributed by atoms with Gasteiger partial charge in [0.15, 0.2) is 0 Å². The van der Waals surface area contributed by atoms with Crippen LogP contribution in [0.4, 0.5) is 5.69 Å². The van der Waals surface area contributed by atoms with E-state index >= 15 is 0 Å². The number of rotatable bonds is 12. The first-order valence-electron chi connectivity index (χ1n) is 22.3. The fourth-order valence-electron chi connectivity index (χ4n) is 7.83. The minimum atomic E-state index is -1.35. The average molecular weight is 933 g/mol. The van der Waals surface area contributed by atoms with Crippen molar-refractivity contribution in [1.29, 1.82) is 0 Å². The molecule has 348 valence electrons. The number of hydrogen-bond donors (Lipinski definition) is 7. The summed E-state index contributed by atoms with van der Waals surface area (Å²) in [6.45, 7) is 0. The lowest BCUT2D eigenvalue weighted by molar-refractivity contribution is -0.142. The molecule has 5 aromatic carbocycles. The zero-order valence-corrected chi connectivity index (χ0v) is 37.9. The summed E-state index contributed by atoms with van der Waals surface area (Å²) >= 11 is 1.39. The van der Waals surface area contributed by atoms with Crippen molar-refractivity contribution in [2.45, 2.75) is 75.2 Å². The Labute approximate surface area is 398 Å². The number of hydrogen-bond acceptors (Lipinski definition) is 8. The molecule has 0 saturated carbocycles. The van der Waals surface area contributed by atoms with Gasteiger partial charge in [0.1, 0.15) is 30.2 Å². The Bertz CT molecular complexity index is 2670. The third kappa shape index (κ3) is 14.0. The lowest BCUT2D eigenvalue weighted by Gasteiger charge is -2.27. The molecule has 6 aromatic rings. The van der Waals surface area contributed by atoms with Crippen LogP contribution < -0.4 is 31.9 Å². The molecule has 0 aliphatic carbocycles. The molecular weight excluding hydrogens is 881 g/mol. The van der Waals surface area contributed by atoms with Crippen LogP contribution in [-0.4, -0.2) is 76.7 Å². The molecule has 68 heavy (non-hydrogen) atoms. The normalized spacial score (nSPS) is 18.9. The van der Waals surface area contributed by atoms with Crippen LogP contribution in [0.15, 0.2) is 157 Å². The van der Waals surface area contributed by atoms with Gasteiger partial charge in [-0.3, -0.25) is 28.8 Å². The predicted octanol–water partition coefficient (Wildman–Crippen LogP) is 5.17. The molecule has 2 aliphatic rings. The number of carbonyl (C=O) groups excluding carboxylic acids is 6. The van der Waals surface area contributed by atoms with Crippen LogP contribution >= 0.6 is 11.3 Å². The zero-order chi connectivity index (χ0) is 47.8. The number of fused-ring (bicyclic) bond motifs is 18. The third-order valence-corrected chi connectivity index (χ3v) is 12.4. The number of carbonyl (C=O) groups is 7. The van der Waals surface area contributed by atoms with Crippen LogP contribution in [0, 0.1) is 0 Å². The molecule has 0 radical (unpaired) electrons. The maximum atomic E-state index is 14.7. The van der Waals surface area contributed by atoms with Crippen LogP contribution in [0.3, 0.4) is 0 Å². The molecule has 15 heteroatoms. The van der Waals surface area contributed by atoms with E-state index in [0.29, 0.717) is 27.9 Å². The van der Waals surface area contributed by atoms with Crippen LogP contribution in [0.2, 0.25) is 0 Å². The smallest absolute Gasteiger partial charge is 0.326 e. The van der Waals surface area contributed by atoms with Gasteiger partial charge in [-0.05, 0) is 57.0 Å². The van der Waals surface area contributed by atoms with Crippen LogP contribution in [0.5, 0.6) is 0 Å². The van der Waals surface area contributed by atoms with Crippen molar-refractivity contribution in [1.82, 2.24) is 26.6 Å². The molecule has 8 rings (SSSR count). The SMILES string of the molecule is O=C1CCC(=O)N[C@H](Cc2cccs2)C(=O)N[C@@H](Cc2ccc(-c3ccccc3)cc2)C(=O)N[C@H](Cc2ccccc2)C(=O)N[C@@H](C(=O)N[C@H](Cc2ccccc2)C(=O)O)Cc2ccc(cc2)N1.